The summed E-state index contributed by atoms with van der Waals surface area (Å²) in [5, 5.41) is 8.78. The maximum atomic E-state index is 11.9. The molecule has 4 nitrogen and oxygen atoms in total. The summed E-state index contributed by atoms with van der Waals surface area (Å²) < 4.78 is 6.16. The molecule has 0 aliphatic heterocycles. The highest BCUT2D eigenvalue weighted by molar-refractivity contribution is 9.10. The van der Waals surface area contributed by atoms with Crippen LogP contribution in [-0.4, -0.2) is 23.1 Å². The number of esters is 1. The third-order valence-corrected chi connectivity index (χ3v) is 3.53. The zero-order chi connectivity index (χ0) is 15.1. The molecule has 0 aromatic heterocycles. The van der Waals surface area contributed by atoms with Crippen molar-refractivity contribution in [2.75, 3.05) is 0 Å². The molecule has 0 aliphatic carbocycles. The van der Waals surface area contributed by atoms with Crippen LogP contribution in [0.5, 0.6) is 0 Å². The first-order chi connectivity index (χ1) is 9.40. The van der Waals surface area contributed by atoms with Crippen LogP contribution in [0.3, 0.4) is 0 Å². The summed E-state index contributed by atoms with van der Waals surface area (Å²) in [6.45, 7) is 3.50. The topological polar surface area (TPSA) is 63.6 Å². The summed E-state index contributed by atoms with van der Waals surface area (Å²) in [5.74, 6) is -1.50. The Morgan fingerprint density at radius 1 is 1.30 bits per heavy atom. The molecule has 0 fully saturated rings. The molecule has 2 unspecified atom stereocenters. The van der Waals surface area contributed by atoms with Crippen molar-refractivity contribution in [3.05, 3.63) is 34.3 Å². The van der Waals surface area contributed by atoms with Crippen LogP contribution < -0.4 is 0 Å². The van der Waals surface area contributed by atoms with Crippen LogP contribution in [0.15, 0.2) is 28.7 Å². The first-order valence-corrected chi connectivity index (χ1v) is 7.38. The zero-order valence-electron chi connectivity index (χ0n) is 11.6. The van der Waals surface area contributed by atoms with Gasteiger partial charge in [0.05, 0.1) is 17.6 Å². The second-order valence-electron chi connectivity index (χ2n) is 4.90. The van der Waals surface area contributed by atoms with Crippen LogP contribution in [0.1, 0.15) is 43.5 Å². The van der Waals surface area contributed by atoms with Crippen molar-refractivity contribution in [2.24, 2.45) is 5.92 Å². The first kappa shape index (κ1) is 16.7. The van der Waals surface area contributed by atoms with E-state index in [1.807, 2.05) is 13.0 Å². The Bertz CT molecular complexity index is 473. The number of ether oxygens (including phenoxy) is 1. The molecule has 20 heavy (non-hydrogen) atoms. The molecule has 5 heteroatoms. The van der Waals surface area contributed by atoms with E-state index in [1.54, 1.807) is 25.1 Å². The Morgan fingerprint density at radius 2 is 2.00 bits per heavy atom. The number of carbonyl (C=O) groups is 2. The molecule has 0 bridgehead atoms. The van der Waals surface area contributed by atoms with Crippen molar-refractivity contribution in [1.82, 2.24) is 0 Å². The SMILES string of the molecule is CC(CCCC(C)C(=O)O)OC(=O)c1cccc(Br)c1. The van der Waals surface area contributed by atoms with E-state index in [0.717, 1.165) is 10.9 Å². The molecule has 0 spiro atoms. The van der Waals surface area contributed by atoms with E-state index in [2.05, 4.69) is 15.9 Å². The largest absolute Gasteiger partial charge is 0.481 e. The van der Waals surface area contributed by atoms with Crippen LogP contribution in [0.4, 0.5) is 0 Å². The number of carbonyl (C=O) groups excluding carboxylic acids is 1. The highest BCUT2D eigenvalue weighted by Crippen LogP contribution is 2.15. The highest BCUT2D eigenvalue weighted by atomic mass is 79.9. The van der Waals surface area contributed by atoms with E-state index in [-0.39, 0.29) is 18.0 Å². The summed E-state index contributed by atoms with van der Waals surface area (Å²) in [6.07, 6.45) is 1.76. The predicted molar refractivity (Wildman–Crippen MR) is 79.7 cm³/mol. The van der Waals surface area contributed by atoms with Gasteiger partial charge in [-0.1, -0.05) is 28.9 Å². The summed E-state index contributed by atoms with van der Waals surface area (Å²) in [4.78, 5) is 22.6. The van der Waals surface area contributed by atoms with Gasteiger partial charge in [0.25, 0.3) is 0 Å². The van der Waals surface area contributed by atoms with Gasteiger partial charge in [-0.2, -0.15) is 0 Å². The Kier molecular flexibility index (Phi) is 6.71. The van der Waals surface area contributed by atoms with Crippen molar-refractivity contribution in [1.29, 1.82) is 0 Å². The number of aliphatic carboxylic acids is 1. The maximum Gasteiger partial charge on any atom is 0.338 e. The van der Waals surface area contributed by atoms with Gasteiger partial charge < -0.3 is 9.84 Å². The van der Waals surface area contributed by atoms with Crippen LogP contribution in [0, 0.1) is 5.92 Å². The van der Waals surface area contributed by atoms with Gasteiger partial charge in [0.15, 0.2) is 0 Å². The lowest BCUT2D eigenvalue weighted by Crippen LogP contribution is -2.16. The Hall–Kier alpha value is -1.36. The molecular formula is C15H19BrO4. The summed E-state index contributed by atoms with van der Waals surface area (Å²) in [7, 11) is 0. The summed E-state index contributed by atoms with van der Waals surface area (Å²) in [6, 6.07) is 7.03. The minimum absolute atomic E-state index is 0.220. The van der Waals surface area contributed by atoms with E-state index in [0.29, 0.717) is 18.4 Å². The lowest BCUT2D eigenvalue weighted by atomic mass is 10.0. The minimum Gasteiger partial charge on any atom is -0.481 e. The lowest BCUT2D eigenvalue weighted by molar-refractivity contribution is -0.141. The van der Waals surface area contributed by atoms with Crippen LogP contribution >= 0.6 is 15.9 Å². The molecule has 0 aliphatic rings. The standard InChI is InChI=1S/C15H19BrO4/c1-10(14(17)18)5-3-6-11(2)20-15(19)12-7-4-8-13(16)9-12/h4,7-11H,3,5-6H2,1-2H3,(H,17,18). The average Bonchev–Trinajstić information content (AvgIpc) is 2.38. The van der Waals surface area contributed by atoms with E-state index in [9.17, 15) is 9.59 Å². The third kappa shape index (κ3) is 5.74. The molecule has 1 aromatic rings. The molecule has 0 saturated carbocycles. The first-order valence-electron chi connectivity index (χ1n) is 6.59. The molecule has 1 aromatic carbocycles. The maximum absolute atomic E-state index is 11.9. The van der Waals surface area contributed by atoms with Crippen molar-refractivity contribution < 1.29 is 19.4 Å². The monoisotopic (exact) mass is 342 g/mol. The summed E-state index contributed by atoms with van der Waals surface area (Å²) in [5.41, 5.74) is 0.505. The predicted octanol–water partition coefficient (Wildman–Crippen LogP) is 3.89. The van der Waals surface area contributed by atoms with Crippen molar-refractivity contribution in [2.45, 2.75) is 39.2 Å². The fraction of sp³-hybridized carbons (Fsp3) is 0.467. The van der Waals surface area contributed by atoms with E-state index in [1.165, 1.54) is 0 Å². The Morgan fingerprint density at radius 3 is 2.60 bits per heavy atom. The van der Waals surface area contributed by atoms with Crippen molar-refractivity contribution in [3.8, 4) is 0 Å². The second kappa shape index (κ2) is 8.04. The molecule has 0 amide bonds. The van der Waals surface area contributed by atoms with Gasteiger partial charge in [-0.25, -0.2) is 4.79 Å². The van der Waals surface area contributed by atoms with E-state index < -0.39 is 5.97 Å². The fourth-order valence-electron chi connectivity index (χ4n) is 1.76. The van der Waals surface area contributed by atoms with Gasteiger partial charge in [0, 0.05) is 4.47 Å². The number of carboxylic acids is 1. The molecular weight excluding hydrogens is 324 g/mol. The van der Waals surface area contributed by atoms with Crippen LogP contribution in [0.2, 0.25) is 0 Å². The molecule has 1 rings (SSSR count). The van der Waals surface area contributed by atoms with Gasteiger partial charge in [-0.15, -0.1) is 0 Å². The van der Waals surface area contributed by atoms with Gasteiger partial charge in [-0.05, 0) is 44.4 Å². The molecule has 0 saturated heterocycles. The van der Waals surface area contributed by atoms with E-state index >= 15 is 0 Å². The molecule has 110 valence electrons. The van der Waals surface area contributed by atoms with Gasteiger partial charge in [0.1, 0.15) is 0 Å². The molecule has 1 N–H and O–H groups in total. The number of carboxylic acid groups (broad SMARTS) is 1. The quantitative estimate of drug-likeness (QED) is 0.763. The second-order valence-corrected chi connectivity index (χ2v) is 5.81. The van der Waals surface area contributed by atoms with Gasteiger partial charge in [-0.3, -0.25) is 4.79 Å². The highest BCUT2D eigenvalue weighted by Gasteiger charge is 2.14. The van der Waals surface area contributed by atoms with Gasteiger partial charge >= 0.3 is 11.9 Å². The number of hydrogen-bond acceptors (Lipinski definition) is 3. The van der Waals surface area contributed by atoms with Crippen LogP contribution in [-0.2, 0) is 9.53 Å². The van der Waals surface area contributed by atoms with Crippen LogP contribution in [0.25, 0.3) is 0 Å². The molecule has 2 atom stereocenters. The lowest BCUT2D eigenvalue weighted by Gasteiger charge is -2.14. The zero-order valence-corrected chi connectivity index (χ0v) is 13.2. The van der Waals surface area contributed by atoms with Crippen molar-refractivity contribution >= 4 is 27.9 Å². The fourth-order valence-corrected chi connectivity index (χ4v) is 2.16. The molecule has 0 heterocycles. The Balaban J connectivity index is 2.37. The van der Waals surface area contributed by atoms with Gasteiger partial charge in [0.2, 0.25) is 0 Å². The minimum atomic E-state index is -0.788. The van der Waals surface area contributed by atoms with E-state index in [4.69, 9.17) is 9.84 Å². The smallest absolute Gasteiger partial charge is 0.338 e. The third-order valence-electron chi connectivity index (χ3n) is 3.04. The number of halogens is 1. The average molecular weight is 343 g/mol. The number of rotatable bonds is 7. The summed E-state index contributed by atoms with van der Waals surface area (Å²) >= 11 is 3.30. The Labute approximate surface area is 127 Å². The van der Waals surface area contributed by atoms with Crippen molar-refractivity contribution in [3.63, 3.8) is 0 Å². The normalized spacial score (nSPS) is 13.6. The number of benzene rings is 1. The molecule has 0 radical (unpaired) electrons. The number of hydrogen-bond donors (Lipinski definition) is 1.